The molecule has 0 saturated carbocycles. The van der Waals surface area contributed by atoms with Gasteiger partial charge in [-0.05, 0) is 5.41 Å². The van der Waals surface area contributed by atoms with Gasteiger partial charge in [-0.15, -0.1) is 0 Å². The van der Waals surface area contributed by atoms with E-state index < -0.39 is 18.1 Å². The molecular weight excluding hydrogens is 262 g/mol. The average Bonchev–Trinajstić information content (AvgIpc) is 2.66. The lowest BCUT2D eigenvalue weighted by molar-refractivity contribution is -0.142. The quantitative estimate of drug-likeness (QED) is 0.779. The summed E-state index contributed by atoms with van der Waals surface area (Å²) in [4.78, 5) is 36.0. The Morgan fingerprint density at radius 3 is 2.30 bits per heavy atom. The highest BCUT2D eigenvalue weighted by molar-refractivity contribution is 5.90. The molecule has 0 bridgehead atoms. The molecule has 1 fully saturated rings. The van der Waals surface area contributed by atoms with E-state index in [2.05, 4.69) is 0 Å². The van der Waals surface area contributed by atoms with Crippen molar-refractivity contribution in [1.29, 1.82) is 0 Å². The molecule has 20 heavy (non-hydrogen) atoms. The number of hydrogen-bond donors (Lipinski definition) is 2. The van der Waals surface area contributed by atoms with E-state index in [9.17, 15) is 19.5 Å². The first-order valence-electron chi connectivity index (χ1n) is 6.82. The molecule has 0 unspecified atom stereocenters. The number of Topliss-reactive ketones (excluding diaryl/α,β-unsaturated/α-hetero) is 1. The van der Waals surface area contributed by atoms with E-state index in [1.54, 1.807) is 0 Å². The molecular formula is C14H23NO5. The van der Waals surface area contributed by atoms with Gasteiger partial charge in [0.25, 0.3) is 0 Å². The van der Waals surface area contributed by atoms with Crippen LogP contribution < -0.4 is 0 Å². The van der Waals surface area contributed by atoms with Crippen molar-refractivity contribution in [2.75, 3.05) is 6.54 Å². The number of likely N-dealkylation sites (tertiary alicyclic amines) is 1. The second-order valence-corrected chi connectivity index (χ2v) is 6.55. The summed E-state index contributed by atoms with van der Waals surface area (Å²) in [7, 11) is 0. The molecule has 1 rings (SSSR count). The molecule has 1 amide bonds. The second-order valence-electron chi connectivity index (χ2n) is 6.55. The van der Waals surface area contributed by atoms with Gasteiger partial charge in [0, 0.05) is 25.8 Å². The Labute approximate surface area is 118 Å². The van der Waals surface area contributed by atoms with Gasteiger partial charge in [-0.2, -0.15) is 0 Å². The van der Waals surface area contributed by atoms with Crippen LogP contribution in [0.2, 0.25) is 0 Å². The number of carbonyl (C=O) groups is 3. The van der Waals surface area contributed by atoms with Crippen molar-refractivity contribution >= 4 is 17.7 Å². The lowest BCUT2D eigenvalue weighted by Gasteiger charge is -2.26. The van der Waals surface area contributed by atoms with Crippen LogP contribution in [0.4, 0.5) is 0 Å². The fourth-order valence-corrected chi connectivity index (χ4v) is 2.39. The number of ketones is 1. The van der Waals surface area contributed by atoms with Crippen LogP contribution in [-0.2, 0) is 14.4 Å². The van der Waals surface area contributed by atoms with Gasteiger partial charge in [-0.3, -0.25) is 14.4 Å². The Morgan fingerprint density at radius 2 is 1.80 bits per heavy atom. The van der Waals surface area contributed by atoms with Crippen molar-refractivity contribution in [2.45, 2.75) is 58.6 Å². The van der Waals surface area contributed by atoms with Crippen LogP contribution in [0.5, 0.6) is 0 Å². The van der Waals surface area contributed by atoms with Crippen molar-refractivity contribution in [3.05, 3.63) is 0 Å². The maximum Gasteiger partial charge on any atom is 0.303 e. The summed E-state index contributed by atoms with van der Waals surface area (Å²) in [5.41, 5.74) is -0.180. The van der Waals surface area contributed by atoms with E-state index >= 15 is 0 Å². The smallest absolute Gasteiger partial charge is 0.303 e. The van der Waals surface area contributed by atoms with Gasteiger partial charge in [0.15, 0.2) is 5.78 Å². The maximum atomic E-state index is 12.2. The third-order valence-corrected chi connectivity index (χ3v) is 3.23. The third kappa shape index (κ3) is 4.92. The van der Waals surface area contributed by atoms with E-state index in [0.29, 0.717) is 6.42 Å². The minimum Gasteiger partial charge on any atom is -0.481 e. The molecule has 6 nitrogen and oxygen atoms in total. The van der Waals surface area contributed by atoms with Gasteiger partial charge >= 0.3 is 5.97 Å². The van der Waals surface area contributed by atoms with Crippen LogP contribution in [0.3, 0.4) is 0 Å². The van der Waals surface area contributed by atoms with E-state index in [0.717, 1.165) is 0 Å². The number of hydrogen-bond acceptors (Lipinski definition) is 4. The number of nitrogens with zero attached hydrogens (tertiary/aromatic N) is 1. The number of rotatable bonds is 5. The fraction of sp³-hybridized carbons (Fsp3) is 0.786. The monoisotopic (exact) mass is 285 g/mol. The summed E-state index contributed by atoms with van der Waals surface area (Å²) >= 11 is 0. The van der Waals surface area contributed by atoms with Crippen molar-refractivity contribution in [3.8, 4) is 0 Å². The number of carbonyl (C=O) groups excluding carboxylic acids is 2. The lowest BCUT2D eigenvalue weighted by atomic mass is 9.87. The number of aliphatic carboxylic acids is 1. The molecule has 1 heterocycles. The van der Waals surface area contributed by atoms with Crippen molar-refractivity contribution in [1.82, 2.24) is 4.90 Å². The Morgan fingerprint density at radius 1 is 1.20 bits per heavy atom. The normalized spacial score (nSPS) is 22.9. The highest BCUT2D eigenvalue weighted by Gasteiger charge is 2.39. The number of amides is 1. The molecule has 6 heteroatoms. The summed E-state index contributed by atoms with van der Waals surface area (Å²) in [5, 5.41) is 18.3. The minimum absolute atomic E-state index is 0.0716. The lowest BCUT2D eigenvalue weighted by Crippen LogP contribution is -2.41. The number of β-amino-alcohol motifs (C(OH)–C–C–N with tert-alkyl or cyclic N) is 1. The molecule has 2 atom stereocenters. The number of aliphatic hydroxyl groups is 1. The predicted molar refractivity (Wildman–Crippen MR) is 72.1 cm³/mol. The maximum absolute atomic E-state index is 12.2. The Hall–Kier alpha value is -1.43. The van der Waals surface area contributed by atoms with Crippen LogP contribution >= 0.6 is 0 Å². The topological polar surface area (TPSA) is 94.9 Å². The SMILES string of the molecule is CC(C)(C)CC(=O)[C@@H]1C[C@@H](O)CN1C(=O)CCC(=O)O. The summed E-state index contributed by atoms with van der Waals surface area (Å²) in [6.07, 6.45) is -0.536. The van der Waals surface area contributed by atoms with E-state index in [1.165, 1.54) is 4.90 Å². The fourth-order valence-electron chi connectivity index (χ4n) is 2.39. The van der Waals surface area contributed by atoms with Crippen molar-refractivity contribution in [2.24, 2.45) is 5.41 Å². The molecule has 0 spiro atoms. The van der Waals surface area contributed by atoms with Crippen molar-refractivity contribution in [3.63, 3.8) is 0 Å². The highest BCUT2D eigenvalue weighted by Crippen LogP contribution is 2.26. The van der Waals surface area contributed by atoms with E-state index in [-0.39, 0.29) is 42.9 Å². The molecule has 0 aromatic rings. The first-order chi connectivity index (χ1) is 9.10. The highest BCUT2D eigenvalue weighted by atomic mass is 16.4. The third-order valence-electron chi connectivity index (χ3n) is 3.23. The summed E-state index contributed by atoms with van der Waals surface area (Å²) in [6, 6.07) is -0.620. The van der Waals surface area contributed by atoms with Crippen LogP contribution in [-0.4, -0.2) is 51.5 Å². The first-order valence-corrected chi connectivity index (χ1v) is 6.82. The van der Waals surface area contributed by atoms with Gasteiger partial charge in [-0.25, -0.2) is 0 Å². The van der Waals surface area contributed by atoms with Gasteiger partial charge in [0.05, 0.1) is 18.6 Å². The van der Waals surface area contributed by atoms with Crippen molar-refractivity contribution < 1.29 is 24.6 Å². The zero-order valence-electron chi connectivity index (χ0n) is 12.3. The Kier molecular flexibility index (Phi) is 5.28. The zero-order valence-corrected chi connectivity index (χ0v) is 12.3. The molecule has 0 radical (unpaired) electrons. The van der Waals surface area contributed by atoms with Crippen LogP contribution in [0.1, 0.15) is 46.5 Å². The summed E-state index contributed by atoms with van der Waals surface area (Å²) in [5.74, 6) is -1.50. The summed E-state index contributed by atoms with van der Waals surface area (Å²) < 4.78 is 0. The minimum atomic E-state index is -1.05. The molecule has 2 N–H and O–H groups in total. The molecule has 114 valence electrons. The molecule has 1 aliphatic rings. The van der Waals surface area contributed by atoms with Gasteiger partial charge in [-0.1, -0.05) is 20.8 Å². The van der Waals surface area contributed by atoms with Gasteiger partial charge in [0.1, 0.15) is 0 Å². The zero-order chi connectivity index (χ0) is 15.5. The standard InChI is InChI=1S/C14H23NO5/c1-14(2,3)7-11(17)10-6-9(16)8-15(10)12(18)4-5-13(19)20/h9-10,16H,4-8H2,1-3H3,(H,19,20)/t9-,10+/m1/s1. The van der Waals surface area contributed by atoms with E-state index in [1.807, 2.05) is 20.8 Å². The number of aliphatic hydroxyl groups excluding tert-OH is 1. The molecule has 0 aliphatic carbocycles. The molecule has 1 aliphatic heterocycles. The van der Waals surface area contributed by atoms with Crippen LogP contribution in [0.15, 0.2) is 0 Å². The predicted octanol–water partition coefficient (Wildman–Crippen LogP) is 0.818. The Balaban J connectivity index is 2.70. The van der Waals surface area contributed by atoms with Crippen LogP contribution in [0.25, 0.3) is 0 Å². The first kappa shape index (κ1) is 16.6. The largest absolute Gasteiger partial charge is 0.481 e. The van der Waals surface area contributed by atoms with E-state index in [4.69, 9.17) is 5.11 Å². The van der Waals surface area contributed by atoms with Gasteiger partial charge in [0.2, 0.25) is 5.91 Å². The molecule has 1 saturated heterocycles. The molecule has 0 aromatic heterocycles. The van der Waals surface area contributed by atoms with Crippen LogP contribution in [0, 0.1) is 5.41 Å². The Bertz CT molecular complexity index is 399. The second kappa shape index (κ2) is 6.35. The average molecular weight is 285 g/mol. The number of carboxylic acid groups (broad SMARTS) is 1. The number of carboxylic acids is 1. The molecule has 0 aromatic carbocycles. The van der Waals surface area contributed by atoms with Gasteiger partial charge < -0.3 is 15.1 Å². The summed E-state index contributed by atoms with van der Waals surface area (Å²) in [6.45, 7) is 5.92.